The number of aromatic nitrogens is 2. The highest BCUT2D eigenvalue weighted by atomic mass is 16.2. The van der Waals surface area contributed by atoms with Gasteiger partial charge in [0.1, 0.15) is 5.69 Å². The summed E-state index contributed by atoms with van der Waals surface area (Å²) in [5, 5.41) is 2.93. The average molecular weight is 383 g/mol. The first-order valence-corrected chi connectivity index (χ1v) is 9.98. The van der Waals surface area contributed by atoms with Crippen LogP contribution < -0.4 is 5.32 Å². The summed E-state index contributed by atoms with van der Waals surface area (Å²) in [6.45, 7) is 5.54. The Hall–Kier alpha value is -2.76. The van der Waals surface area contributed by atoms with Crippen LogP contribution in [0.25, 0.3) is 0 Å². The largest absolute Gasteiger partial charge is 0.356 e. The quantitative estimate of drug-likeness (QED) is 0.606. The molecule has 0 saturated heterocycles. The van der Waals surface area contributed by atoms with Crippen LogP contribution in [0.15, 0.2) is 42.7 Å². The van der Waals surface area contributed by atoms with E-state index in [4.69, 9.17) is 0 Å². The number of benzene rings is 1. The summed E-state index contributed by atoms with van der Waals surface area (Å²) in [6, 6.07) is 10.0. The number of carbonyl (C=O) groups excluding carboxylic acids is 2. The van der Waals surface area contributed by atoms with Crippen molar-refractivity contribution in [2.75, 3.05) is 19.6 Å². The maximum Gasteiger partial charge on any atom is 0.274 e. The monoisotopic (exact) mass is 382 g/mol. The van der Waals surface area contributed by atoms with E-state index in [9.17, 15) is 9.59 Å². The van der Waals surface area contributed by atoms with Gasteiger partial charge in [0, 0.05) is 32.3 Å². The van der Waals surface area contributed by atoms with Crippen molar-refractivity contribution in [3.8, 4) is 0 Å². The molecule has 0 atom stereocenters. The zero-order chi connectivity index (χ0) is 20.2. The standard InChI is InChI=1S/C22H30N4O2/c1-3-4-8-13-23-21(27)12-15-26(14-11-19-9-6-5-7-10-19)22(28)20-17-24-18(2)16-25-20/h5-7,9-10,16-17H,3-4,8,11-15H2,1-2H3,(H,23,27). The Morgan fingerprint density at radius 2 is 1.82 bits per heavy atom. The van der Waals surface area contributed by atoms with Crippen LogP contribution in [0.4, 0.5) is 0 Å². The van der Waals surface area contributed by atoms with Gasteiger partial charge in [-0.1, -0.05) is 50.1 Å². The second kappa shape index (κ2) is 11.8. The second-order valence-corrected chi connectivity index (χ2v) is 6.88. The van der Waals surface area contributed by atoms with E-state index in [2.05, 4.69) is 22.2 Å². The van der Waals surface area contributed by atoms with Gasteiger partial charge in [0.25, 0.3) is 5.91 Å². The van der Waals surface area contributed by atoms with Crippen LogP contribution in [-0.2, 0) is 11.2 Å². The Kier molecular flexibility index (Phi) is 9.11. The minimum atomic E-state index is -0.192. The molecule has 1 aromatic carbocycles. The molecule has 1 heterocycles. The van der Waals surface area contributed by atoms with Crippen LogP contribution in [-0.4, -0.2) is 46.3 Å². The van der Waals surface area contributed by atoms with E-state index in [0.29, 0.717) is 25.3 Å². The molecule has 2 aromatic rings. The van der Waals surface area contributed by atoms with Gasteiger partial charge >= 0.3 is 0 Å². The molecule has 1 aromatic heterocycles. The topological polar surface area (TPSA) is 75.2 Å². The lowest BCUT2D eigenvalue weighted by molar-refractivity contribution is -0.121. The van der Waals surface area contributed by atoms with Gasteiger partial charge in [-0.3, -0.25) is 14.6 Å². The van der Waals surface area contributed by atoms with Crippen LogP contribution in [0.5, 0.6) is 0 Å². The normalized spacial score (nSPS) is 10.5. The van der Waals surface area contributed by atoms with Gasteiger partial charge in [0.15, 0.2) is 0 Å². The maximum atomic E-state index is 12.9. The lowest BCUT2D eigenvalue weighted by atomic mass is 10.1. The Bertz CT molecular complexity index is 732. The number of aryl methyl sites for hydroxylation is 1. The molecule has 0 aliphatic heterocycles. The molecule has 0 fully saturated rings. The molecule has 0 spiro atoms. The fourth-order valence-corrected chi connectivity index (χ4v) is 2.82. The minimum absolute atomic E-state index is 0.0244. The molecular weight excluding hydrogens is 352 g/mol. The predicted octanol–water partition coefficient (Wildman–Crippen LogP) is 3.17. The molecule has 0 saturated carbocycles. The maximum absolute atomic E-state index is 12.9. The first kappa shape index (κ1) is 21.5. The summed E-state index contributed by atoms with van der Waals surface area (Å²) in [5.41, 5.74) is 2.22. The molecule has 2 amide bonds. The van der Waals surface area contributed by atoms with E-state index in [1.165, 1.54) is 6.20 Å². The highest BCUT2D eigenvalue weighted by molar-refractivity contribution is 5.92. The third-order valence-electron chi connectivity index (χ3n) is 4.51. The molecule has 0 unspecified atom stereocenters. The van der Waals surface area contributed by atoms with Gasteiger partial charge in [0.05, 0.1) is 11.9 Å². The van der Waals surface area contributed by atoms with Crippen molar-refractivity contribution in [2.45, 2.75) is 46.0 Å². The number of rotatable bonds is 11. The van der Waals surface area contributed by atoms with Gasteiger partial charge < -0.3 is 10.2 Å². The van der Waals surface area contributed by atoms with Crippen molar-refractivity contribution in [3.05, 3.63) is 59.7 Å². The zero-order valence-corrected chi connectivity index (χ0v) is 16.9. The van der Waals surface area contributed by atoms with E-state index >= 15 is 0 Å². The van der Waals surface area contributed by atoms with Gasteiger partial charge in [-0.05, 0) is 25.3 Å². The summed E-state index contributed by atoms with van der Waals surface area (Å²) in [5.74, 6) is -0.217. The molecule has 0 radical (unpaired) electrons. The van der Waals surface area contributed by atoms with Crippen molar-refractivity contribution < 1.29 is 9.59 Å². The van der Waals surface area contributed by atoms with Crippen LogP contribution >= 0.6 is 0 Å². The highest BCUT2D eigenvalue weighted by Gasteiger charge is 2.18. The first-order valence-electron chi connectivity index (χ1n) is 9.98. The van der Waals surface area contributed by atoms with Gasteiger partial charge in [0.2, 0.25) is 5.91 Å². The fourth-order valence-electron chi connectivity index (χ4n) is 2.82. The number of nitrogens with zero attached hydrogens (tertiary/aromatic N) is 3. The Balaban J connectivity index is 1.95. The molecule has 150 valence electrons. The molecular formula is C22H30N4O2. The first-order chi connectivity index (χ1) is 13.6. The van der Waals surface area contributed by atoms with Gasteiger partial charge in [-0.2, -0.15) is 0 Å². The zero-order valence-electron chi connectivity index (χ0n) is 16.9. The van der Waals surface area contributed by atoms with Crippen LogP contribution in [0, 0.1) is 6.92 Å². The van der Waals surface area contributed by atoms with Crippen molar-refractivity contribution in [1.29, 1.82) is 0 Å². The van der Waals surface area contributed by atoms with Crippen molar-refractivity contribution in [2.24, 2.45) is 0 Å². The molecule has 6 nitrogen and oxygen atoms in total. The lowest BCUT2D eigenvalue weighted by Gasteiger charge is -2.22. The summed E-state index contributed by atoms with van der Waals surface area (Å²) in [7, 11) is 0. The highest BCUT2D eigenvalue weighted by Crippen LogP contribution is 2.07. The van der Waals surface area contributed by atoms with E-state index in [-0.39, 0.29) is 18.2 Å². The van der Waals surface area contributed by atoms with Gasteiger partial charge in [-0.15, -0.1) is 0 Å². The van der Waals surface area contributed by atoms with E-state index in [0.717, 1.165) is 36.9 Å². The fraction of sp³-hybridized carbons (Fsp3) is 0.455. The lowest BCUT2D eigenvalue weighted by Crippen LogP contribution is -2.37. The van der Waals surface area contributed by atoms with E-state index < -0.39 is 0 Å². The minimum Gasteiger partial charge on any atom is -0.356 e. The Morgan fingerprint density at radius 3 is 2.50 bits per heavy atom. The molecule has 2 rings (SSSR count). The van der Waals surface area contributed by atoms with Crippen molar-refractivity contribution in [3.63, 3.8) is 0 Å². The molecule has 0 aliphatic carbocycles. The van der Waals surface area contributed by atoms with Crippen LogP contribution in [0.1, 0.15) is 54.4 Å². The molecule has 1 N–H and O–H groups in total. The van der Waals surface area contributed by atoms with Crippen molar-refractivity contribution in [1.82, 2.24) is 20.2 Å². The molecule has 0 bridgehead atoms. The van der Waals surface area contributed by atoms with E-state index in [1.807, 2.05) is 37.3 Å². The number of carbonyl (C=O) groups is 2. The Morgan fingerprint density at radius 1 is 1.04 bits per heavy atom. The number of amides is 2. The molecule has 0 aliphatic rings. The SMILES string of the molecule is CCCCCNC(=O)CCN(CCc1ccccc1)C(=O)c1cnc(C)cn1. The van der Waals surface area contributed by atoms with Crippen LogP contribution in [0.3, 0.4) is 0 Å². The summed E-state index contributed by atoms with van der Waals surface area (Å²) >= 11 is 0. The average Bonchev–Trinajstić information content (AvgIpc) is 2.72. The van der Waals surface area contributed by atoms with Gasteiger partial charge in [-0.25, -0.2) is 4.98 Å². The number of hydrogen-bond acceptors (Lipinski definition) is 4. The third-order valence-corrected chi connectivity index (χ3v) is 4.51. The number of hydrogen-bond donors (Lipinski definition) is 1. The Labute approximate surface area is 167 Å². The summed E-state index contributed by atoms with van der Waals surface area (Å²) in [6.07, 6.45) is 7.30. The van der Waals surface area contributed by atoms with Crippen molar-refractivity contribution >= 4 is 11.8 Å². The summed E-state index contributed by atoms with van der Waals surface area (Å²) in [4.78, 5) is 35.0. The number of nitrogens with one attached hydrogen (secondary N) is 1. The van der Waals surface area contributed by atoms with E-state index in [1.54, 1.807) is 11.1 Å². The smallest absolute Gasteiger partial charge is 0.274 e. The second-order valence-electron chi connectivity index (χ2n) is 6.88. The third kappa shape index (κ3) is 7.47. The molecule has 6 heteroatoms. The number of unbranched alkanes of at least 4 members (excludes halogenated alkanes) is 2. The van der Waals surface area contributed by atoms with Crippen LogP contribution in [0.2, 0.25) is 0 Å². The summed E-state index contributed by atoms with van der Waals surface area (Å²) < 4.78 is 0. The predicted molar refractivity (Wildman–Crippen MR) is 110 cm³/mol. The molecule has 28 heavy (non-hydrogen) atoms.